The SMILES string of the molecule is COCCOCC(NC(=O)N1CC(=O)Nc2cc(C)cnc21)c1ccc(OC(F)(F)F)cc1. The first kappa shape index (κ1) is 24.3. The molecule has 9 nitrogen and oxygen atoms in total. The molecular weight excluding hydrogens is 445 g/mol. The molecule has 2 heterocycles. The number of rotatable bonds is 8. The molecule has 0 bridgehead atoms. The lowest BCUT2D eigenvalue weighted by molar-refractivity contribution is -0.274. The van der Waals surface area contributed by atoms with E-state index in [-0.39, 0.29) is 31.5 Å². The minimum Gasteiger partial charge on any atom is -0.406 e. The third-order valence-electron chi connectivity index (χ3n) is 4.61. The highest BCUT2D eigenvalue weighted by Gasteiger charge is 2.32. The van der Waals surface area contributed by atoms with E-state index in [0.717, 1.165) is 17.7 Å². The topological polar surface area (TPSA) is 102 Å². The van der Waals surface area contributed by atoms with Crippen molar-refractivity contribution in [3.63, 3.8) is 0 Å². The molecule has 1 aromatic heterocycles. The first-order chi connectivity index (χ1) is 15.7. The van der Waals surface area contributed by atoms with Crippen molar-refractivity contribution in [1.29, 1.82) is 0 Å². The third-order valence-corrected chi connectivity index (χ3v) is 4.61. The first-order valence-corrected chi connectivity index (χ1v) is 9.93. The van der Waals surface area contributed by atoms with E-state index in [4.69, 9.17) is 9.47 Å². The number of hydrogen-bond donors (Lipinski definition) is 2. The Morgan fingerprint density at radius 2 is 2.00 bits per heavy atom. The van der Waals surface area contributed by atoms with Gasteiger partial charge >= 0.3 is 12.4 Å². The molecule has 0 aliphatic carbocycles. The number of urea groups is 1. The average molecular weight is 468 g/mol. The molecule has 1 aliphatic rings. The Kier molecular flexibility index (Phi) is 7.71. The number of pyridine rings is 1. The number of fused-ring (bicyclic) bond motifs is 1. The minimum atomic E-state index is -4.81. The number of aryl methyl sites for hydroxylation is 1. The molecule has 2 N–H and O–H groups in total. The summed E-state index contributed by atoms with van der Waals surface area (Å²) in [5.74, 6) is -0.491. The summed E-state index contributed by atoms with van der Waals surface area (Å²) in [6, 6.07) is 5.43. The van der Waals surface area contributed by atoms with Crippen LogP contribution < -0.4 is 20.3 Å². The van der Waals surface area contributed by atoms with Crippen LogP contribution in [-0.4, -0.2) is 56.8 Å². The van der Waals surface area contributed by atoms with E-state index in [2.05, 4.69) is 20.4 Å². The van der Waals surface area contributed by atoms with E-state index < -0.39 is 24.2 Å². The van der Waals surface area contributed by atoms with Crippen LogP contribution in [0.2, 0.25) is 0 Å². The predicted octanol–water partition coefficient (Wildman–Crippen LogP) is 3.16. The van der Waals surface area contributed by atoms with Gasteiger partial charge in [0.2, 0.25) is 5.91 Å². The second-order valence-electron chi connectivity index (χ2n) is 7.20. The first-order valence-electron chi connectivity index (χ1n) is 9.93. The van der Waals surface area contributed by atoms with Crippen molar-refractivity contribution in [2.75, 3.05) is 43.7 Å². The van der Waals surface area contributed by atoms with Gasteiger partial charge in [0.25, 0.3) is 0 Å². The Labute approximate surface area is 187 Å². The zero-order valence-corrected chi connectivity index (χ0v) is 17.9. The number of hydrogen-bond acceptors (Lipinski definition) is 6. The molecule has 12 heteroatoms. The van der Waals surface area contributed by atoms with Gasteiger partial charge in [-0.25, -0.2) is 9.78 Å². The maximum absolute atomic E-state index is 13.1. The summed E-state index contributed by atoms with van der Waals surface area (Å²) in [4.78, 5) is 30.6. The average Bonchev–Trinajstić information content (AvgIpc) is 2.74. The van der Waals surface area contributed by atoms with Gasteiger partial charge in [0.15, 0.2) is 5.82 Å². The fraction of sp³-hybridized carbons (Fsp3) is 0.381. The van der Waals surface area contributed by atoms with Gasteiger partial charge in [-0.3, -0.25) is 9.69 Å². The van der Waals surface area contributed by atoms with Crippen LogP contribution in [0.1, 0.15) is 17.2 Å². The quantitative estimate of drug-likeness (QED) is 0.577. The monoisotopic (exact) mass is 468 g/mol. The molecule has 1 aromatic carbocycles. The van der Waals surface area contributed by atoms with E-state index >= 15 is 0 Å². The van der Waals surface area contributed by atoms with Gasteiger partial charge in [-0.2, -0.15) is 0 Å². The molecular formula is C21H23F3N4O5. The molecule has 178 valence electrons. The number of amides is 3. The van der Waals surface area contributed by atoms with Crippen LogP contribution in [0.15, 0.2) is 36.5 Å². The summed E-state index contributed by atoms with van der Waals surface area (Å²) < 4.78 is 51.7. The van der Waals surface area contributed by atoms with Gasteiger partial charge in [0.05, 0.1) is 31.5 Å². The lowest BCUT2D eigenvalue weighted by Gasteiger charge is -2.30. The normalized spacial score (nSPS) is 14.3. The highest BCUT2D eigenvalue weighted by Crippen LogP contribution is 2.29. The van der Waals surface area contributed by atoms with Crippen molar-refractivity contribution >= 4 is 23.4 Å². The Morgan fingerprint density at radius 3 is 2.67 bits per heavy atom. The van der Waals surface area contributed by atoms with Crippen molar-refractivity contribution in [3.05, 3.63) is 47.7 Å². The molecule has 0 radical (unpaired) electrons. The van der Waals surface area contributed by atoms with E-state index in [0.29, 0.717) is 17.9 Å². The lowest BCUT2D eigenvalue weighted by atomic mass is 10.1. The number of carbonyl (C=O) groups is 2. The molecule has 0 saturated heterocycles. The van der Waals surface area contributed by atoms with Gasteiger partial charge in [0, 0.05) is 13.3 Å². The molecule has 2 aromatic rings. The summed E-state index contributed by atoms with van der Waals surface area (Å²) in [5.41, 5.74) is 1.69. The number of alkyl halides is 3. The molecule has 3 amide bonds. The van der Waals surface area contributed by atoms with Gasteiger partial charge in [-0.15, -0.1) is 13.2 Å². The van der Waals surface area contributed by atoms with Crippen LogP contribution >= 0.6 is 0 Å². The fourth-order valence-electron chi connectivity index (χ4n) is 3.14. The van der Waals surface area contributed by atoms with Gasteiger partial charge in [-0.05, 0) is 36.2 Å². The van der Waals surface area contributed by atoms with E-state index in [1.54, 1.807) is 19.2 Å². The number of nitrogens with zero attached hydrogens (tertiary/aromatic N) is 2. The van der Waals surface area contributed by atoms with Gasteiger partial charge in [0.1, 0.15) is 12.3 Å². The van der Waals surface area contributed by atoms with Crippen LogP contribution in [-0.2, 0) is 14.3 Å². The maximum atomic E-state index is 13.1. The van der Waals surface area contributed by atoms with Crippen molar-refractivity contribution in [1.82, 2.24) is 10.3 Å². The number of carbonyl (C=O) groups excluding carboxylic acids is 2. The molecule has 0 spiro atoms. The Bertz CT molecular complexity index is 985. The third kappa shape index (κ3) is 6.80. The van der Waals surface area contributed by atoms with Gasteiger partial charge < -0.3 is 24.8 Å². The van der Waals surface area contributed by atoms with Crippen molar-refractivity contribution < 1.29 is 37.0 Å². The van der Waals surface area contributed by atoms with Crippen LogP contribution in [0.4, 0.5) is 29.5 Å². The van der Waals surface area contributed by atoms with Crippen molar-refractivity contribution in [2.24, 2.45) is 0 Å². The zero-order valence-electron chi connectivity index (χ0n) is 17.9. The molecule has 1 unspecified atom stereocenters. The number of nitrogens with one attached hydrogen (secondary N) is 2. The minimum absolute atomic E-state index is 0.0167. The van der Waals surface area contributed by atoms with Crippen molar-refractivity contribution in [2.45, 2.75) is 19.3 Å². The number of benzene rings is 1. The summed E-state index contributed by atoms with van der Waals surface area (Å²) in [6.45, 7) is 2.14. The summed E-state index contributed by atoms with van der Waals surface area (Å²) in [7, 11) is 1.51. The van der Waals surface area contributed by atoms with Crippen LogP contribution in [0.5, 0.6) is 5.75 Å². The van der Waals surface area contributed by atoms with Crippen LogP contribution in [0.25, 0.3) is 0 Å². The Morgan fingerprint density at radius 1 is 1.27 bits per heavy atom. The largest absolute Gasteiger partial charge is 0.573 e. The molecule has 3 rings (SSSR count). The van der Waals surface area contributed by atoms with E-state index in [1.807, 2.05) is 0 Å². The highest BCUT2D eigenvalue weighted by molar-refractivity contribution is 6.08. The summed E-state index contributed by atoms with van der Waals surface area (Å²) in [5, 5.41) is 5.44. The number of halogens is 3. The molecule has 0 fully saturated rings. The van der Waals surface area contributed by atoms with Crippen LogP contribution in [0, 0.1) is 6.92 Å². The summed E-state index contributed by atoms with van der Waals surface area (Å²) in [6.07, 6.45) is -3.24. The lowest BCUT2D eigenvalue weighted by Crippen LogP contribution is -2.49. The second-order valence-corrected chi connectivity index (χ2v) is 7.20. The smallest absolute Gasteiger partial charge is 0.406 e. The number of anilines is 2. The van der Waals surface area contributed by atoms with E-state index in [9.17, 15) is 22.8 Å². The van der Waals surface area contributed by atoms with Crippen molar-refractivity contribution in [3.8, 4) is 5.75 Å². The number of methoxy groups -OCH3 is 1. The zero-order chi connectivity index (χ0) is 24.0. The standard InChI is InChI=1S/C21H23F3N4O5/c1-13-9-16-19(25-10-13)28(11-18(29)26-16)20(30)27-17(12-32-8-7-31-2)14-3-5-15(6-4-14)33-21(22,23)24/h3-6,9-10,17H,7-8,11-12H2,1-2H3,(H,26,29)(H,27,30). The summed E-state index contributed by atoms with van der Waals surface area (Å²) >= 11 is 0. The molecule has 0 saturated carbocycles. The second kappa shape index (κ2) is 10.5. The van der Waals surface area contributed by atoms with Gasteiger partial charge in [-0.1, -0.05) is 12.1 Å². The van der Waals surface area contributed by atoms with E-state index in [1.165, 1.54) is 24.1 Å². The number of aromatic nitrogens is 1. The Hall–Kier alpha value is -3.38. The van der Waals surface area contributed by atoms with Crippen LogP contribution in [0.3, 0.4) is 0 Å². The Balaban J connectivity index is 1.79. The highest BCUT2D eigenvalue weighted by atomic mass is 19.4. The predicted molar refractivity (Wildman–Crippen MR) is 112 cm³/mol. The molecule has 1 aliphatic heterocycles. The maximum Gasteiger partial charge on any atom is 0.573 e. The number of ether oxygens (including phenoxy) is 3. The fourth-order valence-corrected chi connectivity index (χ4v) is 3.14. The molecule has 1 atom stereocenters. The molecule has 33 heavy (non-hydrogen) atoms.